The third-order valence-electron chi connectivity index (χ3n) is 2.11. The van der Waals surface area contributed by atoms with Gasteiger partial charge in [-0.2, -0.15) is 0 Å². The smallest absolute Gasteiger partial charge is 0.303 e. The molecule has 1 aliphatic rings. The second-order valence-corrected chi connectivity index (χ2v) is 3.82. The van der Waals surface area contributed by atoms with Crippen molar-refractivity contribution in [3.63, 3.8) is 0 Å². The Kier molecular flexibility index (Phi) is 5.98. The Morgan fingerprint density at radius 1 is 1.60 bits per heavy atom. The predicted octanol–water partition coefficient (Wildman–Crippen LogP) is 1.70. The maximum absolute atomic E-state index is 10.7. The highest BCUT2D eigenvalue weighted by Gasteiger charge is 2.17. The van der Waals surface area contributed by atoms with Gasteiger partial charge in [0.1, 0.15) is 6.10 Å². The van der Waals surface area contributed by atoms with Crippen molar-refractivity contribution >= 4 is 17.6 Å². The molecule has 5 heteroatoms. The van der Waals surface area contributed by atoms with E-state index in [1.54, 1.807) is 0 Å². The number of rotatable bonds is 5. The summed E-state index contributed by atoms with van der Waals surface area (Å²) >= 11 is 5.63. The van der Waals surface area contributed by atoms with Crippen LogP contribution in [0.15, 0.2) is 0 Å². The molecule has 1 rings (SSSR count). The van der Waals surface area contributed by atoms with Crippen LogP contribution in [0.3, 0.4) is 0 Å². The van der Waals surface area contributed by atoms with Crippen LogP contribution in [0.2, 0.25) is 0 Å². The van der Waals surface area contributed by atoms with Gasteiger partial charge in [0.15, 0.2) is 6.29 Å². The number of esters is 1. The van der Waals surface area contributed by atoms with Crippen molar-refractivity contribution in [3.05, 3.63) is 0 Å². The third kappa shape index (κ3) is 5.35. The molecule has 0 aliphatic carbocycles. The summed E-state index contributed by atoms with van der Waals surface area (Å²) in [6.07, 6.45) is 2.55. The van der Waals surface area contributed by atoms with Gasteiger partial charge < -0.3 is 14.2 Å². The van der Waals surface area contributed by atoms with Crippen LogP contribution < -0.4 is 0 Å². The van der Waals surface area contributed by atoms with E-state index in [2.05, 4.69) is 0 Å². The molecule has 0 bridgehead atoms. The van der Waals surface area contributed by atoms with Gasteiger partial charge >= 0.3 is 5.97 Å². The average molecular weight is 237 g/mol. The number of carbonyl (C=O) groups excluding carboxylic acids is 1. The Balaban J connectivity index is 2.17. The van der Waals surface area contributed by atoms with Crippen LogP contribution in [-0.2, 0) is 19.0 Å². The lowest BCUT2D eigenvalue weighted by molar-refractivity contribution is -0.182. The molecule has 0 aromatic heterocycles. The van der Waals surface area contributed by atoms with E-state index < -0.39 is 0 Å². The maximum Gasteiger partial charge on any atom is 0.303 e. The van der Waals surface area contributed by atoms with Crippen molar-refractivity contribution in [2.75, 3.05) is 19.1 Å². The lowest BCUT2D eigenvalue weighted by atomic mass is 10.2. The topological polar surface area (TPSA) is 44.8 Å². The summed E-state index contributed by atoms with van der Waals surface area (Å²) in [4.78, 5) is 10.7. The first kappa shape index (κ1) is 12.7. The summed E-state index contributed by atoms with van der Waals surface area (Å²) in [6.45, 7) is 2.40. The first-order valence-electron chi connectivity index (χ1n) is 5.18. The molecule has 4 nitrogen and oxygen atoms in total. The van der Waals surface area contributed by atoms with Gasteiger partial charge in [-0.05, 0) is 19.3 Å². The molecule has 88 valence electrons. The summed E-state index contributed by atoms with van der Waals surface area (Å²) in [5.41, 5.74) is 0. The van der Waals surface area contributed by atoms with E-state index in [1.165, 1.54) is 6.92 Å². The molecule has 0 saturated carbocycles. The second-order valence-electron chi connectivity index (χ2n) is 3.52. The van der Waals surface area contributed by atoms with Gasteiger partial charge in [0.05, 0.1) is 12.5 Å². The highest BCUT2D eigenvalue weighted by Crippen LogP contribution is 2.14. The fourth-order valence-electron chi connectivity index (χ4n) is 1.40. The SMILES string of the molecule is CC(=O)OC(CCl)COC1CCCCO1. The zero-order valence-corrected chi connectivity index (χ0v) is 9.66. The fraction of sp³-hybridized carbons (Fsp3) is 0.900. The lowest BCUT2D eigenvalue weighted by Gasteiger charge is -2.24. The first-order valence-corrected chi connectivity index (χ1v) is 5.72. The molecule has 15 heavy (non-hydrogen) atoms. The largest absolute Gasteiger partial charge is 0.459 e. The van der Waals surface area contributed by atoms with Gasteiger partial charge in [-0.1, -0.05) is 0 Å². The standard InChI is InChI=1S/C10H17ClO4/c1-8(12)15-9(6-11)7-14-10-4-2-3-5-13-10/h9-10H,2-7H2,1H3. The molecule has 1 aliphatic heterocycles. The zero-order chi connectivity index (χ0) is 11.1. The predicted molar refractivity (Wildman–Crippen MR) is 55.8 cm³/mol. The van der Waals surface area contributed by atoms with E-state index in [0.717, 1.165) is 25.9 Å². The van der Waals surface area contributed by atoms with Crippen molar-refractivity contribution in [1.82, 2.24) is 0 Å². The maximum atomic E-state index is 10.7. The van der Waals surface area contributed by atoms with Crippen LogP contribution in [0.5, 0.6) is 0 Å². The number of alkyl halides is 1. The van der Waals surface area contributed by atoms with Crippen LogP contribution >= 0.6 is 11.6 Å². The number of hydrogen-bond acceptors (Lipinski definition) is 4. The van der Waals surface area contributed by atoms with Gasteiger partial charge in [-0.25, -0.2) is 0 Å². The average Bonchev–Trinajstić information content (AvgIpc) is 2.25. The van der Waals surface area contributed by atoms with Crippen molar-refractivity contribution in [1.29, 1.82) is 0 Å². The molecule has 0 amide bonds. The minimum Gasteiger partial charge on any atom is -0.459 e. The summed E-state index contributed by atoms with van der Waals surface area (Å²) in [5, 5.41) is 0. The van der Waals surface area contributed by atoms with E-state index in [1.807, 2.05) is 0 Å². The van der Waals surface area contributed by atoms with Gasteiger partial charge in [-0.15, -0.1) is 11.6 Å². The Morgan fingerprint density at radius 3 is 2.93 bits per heavy atom. The van der Waals surface area contributed by atoms with Crippen LogP contribution in [0.25, 0.3) is 0 Å². The molecule has 2 atom stereocenters. The van der Waals surface area contributed by atoms with Gasteiger partial charge in [-0.3, -0.25) is 4.79 Å². The van der Waals surface area contributed by atoms with E-state index >= 15 is 0 Å². The van der Waals surface area contributed by atoms with Crippen LogP contribution in [0.4, 0.5) is 0 Å². The van der Waals surface area contributed by atoms with E-state index in [-0.39, 0.29) is 24.2 Å². The summed E-state index contributed by atoms with van der Waals surface area (Å²) in [6, 6.07) is 0. The Bertz CT molecular complexity index is 192. The molecular formula is C10H17ClO4. The minimum absolute atomic E-state index is 0.167. The molecule has 0 aromatic rings. The normalized spacial score (nSPS) is 23.5. The third-order valence-corrected chi connectivity index (χ3v) is 2.45. The van der Waals surface area contributed by atoms with Gasteiger partial charge in [0.2, 0.25) is 0 Å². The second kappa shape index (κ2) is 7.04. The van der Waals surface area contributed by atoms with Gasteiger partial charge in [0.25, 0.3) is 0 Å². The molecule has 1 saturated heterocycles. The number of ether oxygens (including phenoxy) is 3. The van der Waals surface area contributed by atoms with Crippen molar-refractivity contribution < 1.29 is 19.0 Å². The molecular weight excluding hydrogens is 220 g/mol. The number of halogens is 1. The minimum atomic E-state index is -0.380. The molecule has 0 N–H and O–H groups in total. The van der Waals surface area contributed by atoms with Gasteiger partial charge in [0, 0.05) is 13.5 Å². The Labute approximate surface area is 94.8 Å². The summed E-state index contributed by atoms with van der Waals surface area (Å²) in [5.74, 6) is -0.0967. The first-order chi connectivity index (χ1) is 7.22. The van der Waals surface area contributed by atoms with Crippen LogP contribution in [0, 0.1) is 0 Å². The van der Waals surface area contributed by atoms with Crippen LogP contribution in [-0.4, -0.2) is 37.5 Å². The molecule has 0 radical (unpaired) electrons. The van der Waals surface area contributed by atoms with E-state index in [0.29, 0.717) is 6.61 Å². The highest BCUT2D eigenvalue weighted by molar-refractivity contribution is 6.18. The van der Waals surface area contributed by atoms with Crippen molar-refractivity contribution in [2.45, 2.75) is 38.6 Å². The van der Waals surface area contributed by atoms with Crippen molar-refractivity contribution in [2.24, 2.45) is 0 Å². The molecule has 0 aromatic carbocycles. The Morgan fingerprint density at radius 2 is 2.40 bits per heavy atom. The summed E-state index contributed by atoms with van der Waals surface area (Å²) in [7, 11) is 0. The monoisotopic (exact) mass is 236 g/mol. The Hall–Kier alpha value is -0.320. The quantitative estimate of drug-likeness (QED) is 0.538. The number of hydrogen-bond donors (Lipinski definition) is 0. The highest BCUT2D eigenvalue weighted by atomic mass is 35.5. The summed E-state index contributed by atoms with van der Waals surface area (Å²) < 4.78 is 15.8. The van der Waals surface area contributed by atoms with Crippen LogP contribution in [0.1, 0.15) is 26.2 Å². The molecule has 1 fully saturated rings. The molecule has 2 unspecified atom stereocenters. The molecule has 1 heterocycles. The lowest BCUT2D eigenvalue weighted by Crippen LogP contribution is -2.30. The molecule has 0 spiro atoms. The van der Waals surface area contributed by atoms with E-state index in [9.17, 15) is 4.79 Å². The van der Waals surface area contributed by atoms with E-state index in [4.69, 9.17) is 25.8 Å². The fourth-order valence-corrected chi connectivity index (χ4v) is 1.55. The number of carbonyl (C=O) groups is 1. The van der Waals surface area contributed by atoms with Crippen molar-refractivity contribution in [3.8, 4) is 0 Å². The zero-order valence-electron chi connectivity index (χ0n) is 8.91.